The minimum atomic E-state index is -1.01. The number of hydrogen-bond donors (Lipinski definition) is 2. The van der Waals surface area contributed by atoms with Crippen molar-refractivity contribution in [3.8, 4) is 11.8 Å². The van der Waals surface area contributed by atoms with Crippen molar-refractivity contribution in [1.29, 1.82) is 0 Å². The molecule has 0 saturated heterocycles. The minimum Gasteiger partial charge on any atom is -0.481 e. The maximum atomic E-state index is 10.2. The maximum Gasteiger partial charge on any atom is 0.329 e. The molecule has 0 aliphatic carbocycles. The van der Waals surface area contributed by atoms with Gasteiger partial charge in [-0.3, -0.25) is 0 Å². The number of ether oxygens (including phenoxy) is 3. The summed E-state index contributed by atoms with van der Waals surface area (Å²) in [5.74, 6) is 0.0611. The molecule has 1 rings (SSSR count). The van der Waals surface area contributed by atoms with E-state index in [0.717, 1.165) is 0 Å². The summed E-state index contributed by atoms with van der Waals surface area (Å²) in [5, 5.41) is 11.2. The molecular weight excluding hydrogens is 242 g/mol. The first kappa shape index (κ1) is 14.0. The Morgan fingerprint density at radius 2 is 1.94 bits per heavy atom. The van der Waals surface area contributed by atoms with E-state index in [2.05, 4.69) is 15.3 Å². The third kappa shape index (κ3) is 4.83. The molecule has 1 aromatic heterocycles. The molecule has 0 atom stereocenters. The lowest BCUT2D eigenvalue weighted by molar-refractivity contribution is -0.142. The fraction of sp³-hybridized carbons (Fsp3) is 0.500. The highest BCUT2D eigenvalue weighted by molar-refractivity contribution is 5.67. The Bertz CT molecular complexity index is 377. The van der Waals surface area contributed by atoms with Crippen LogP contribution in [0.1, 0.15) is 0 Å². The van der Waals surface area contributed by atoms with Gasteiger partial charge in [0.2, 0.25) is 17.7 Å². The van der Waals surface area contributed by atoms with E-state index < -0.39 is 5.97 Å². The van der Waals surface area contributed by atoms with Crippen LogP contribution < -0.4 is 14.8 Å². The van der Waals surface area contributed by atoms with Gasteiger partial charge in [0, 0.05) is 6.54 Å². The van der Waals surface area contributed by atoms with E-state index in [-0.39, 0.29) is 13.2 Å². The number of methoxy groups -OCH3 is 2. The van der Waals surface area contributed by atoms with Gasteiger partial charge in [0.1, 0.15) is 6.61 Å². The van der Waals surface area contributed by atoms with Crippen LogP contribution in [0.4, 0.5) is 5.95 Å². The van der Waals surface area contributed by atoms with Gasteiger partial charge in [-0.25, -0.2) is 4.79 Å². The topological polar surface area (TPSA) is 103 Å². The van der Waals surface area contributed by atoms with Gasteiger partial charge in [-0.05, 0) is 0 Å². The normalized spacial score (nSPS) is 9.89. The summed E-state index contributed by atoms with van der Waals surface area (Å²) in [7, 11) is 2.98. The molecule has 8 heteroatoms. The average molecular weight is 257 g/mol. The molecular formula is C10H15N3O5. The van der Waals surface area contributed by atoms with Gasteiger partial charge < -0.3 is 24.6 Å². The molecule has 0 unspecified atom stereocenters. The van der Waals surface area contributed by atoms with Crippen LogP contribution in [0.3, 0.4) is 0 Å². The molecule has 0 saturated carbocycles. The number of aromatic nitrogens is 2. The molecule has 0 spiro atoms. The molecule has 18 heavy (non-hydrogen) atoms. The first-order valence-corrected chi connectivity index (χ1v) is 5.16. The lowest BCUT2D eigenvalue weighted by atomic mass is 10.6. The standard InChI is InChI=1S/C10H15N3O5/c1-16-7-5-8(17-2)13-10(12-7)11-3-4-18-6-9(14)15/h5H,3-4,6H2,1-2H3,(H,14,15)(H,11,12,13). The van der Waals surface area contributed by atoms with Crippen LogP contribution in [-0.2, 0) is 9.53 Å². The Morgan fingerprint density at radius 3 is 2.44 bits per heavy atom. The largest absolute Gasteiger partial charge is 0.481 e. The van der Waals surface area contributed by atoms with Gasteiger partial charge in [-0.2, -0.15) is 9.97 Å². The Balaban J connectivity index is 2.43. The highest BCUT2D eigenvalue weighted by atomic mass is 16.5. The zero-order chi connectivity index (χ0) is 13.4. The van der Waals surface area contributed by atoms with E-state index in [1.54, 1.807) is 6.07 Å². The van der Waals surface area contributed by atoms with E-state index in [0.29, 0.717) is 24.3 Å². The maximum absolute atomic E-state index is 10.2. The van der Waals surface area contributed by atoms with Crippen LogP contribution in [0.2, 0.25) is 0 Å². The molecule has 1 aromatic rings. The second kappa shape index (κ2) is 7.28. The number of carboxylic acids is 1. The van der Waals surface area contributed by atoms with E-state index in [1.807, 2.05) is 0 Å². The van der Waals surface area contributed by atoms with Crippen LogP contribution in [0.15, 0.2) is 6.07 Å². The molecule has 8 nitrogen and oxygen atoms in total. The smallest absolute Gasteiger partial charge is 0.329 e. The van der Waals surface area contributed by atoms with Gasteiger partial charge >= 0.3 is 5.97 Å². The second-order valence-electron chi connectivity index (χ2n) is 3.15. The van der Waals surface area contributed by atoms with Crippen LogP contribution in [0.5, 0.6) is 11.8 Å². The number of nitrogens with zero attached hydrogens (tertiary/aromatic N) is 2. The zero-order valence-corrected chi connectivity index (χ0v) is 10.2. The summed E-state index contributed by atoms with van der Waals surface area (Å²) in [6.45, 7) is 0.281. The summed E-state index contributed by atoms with van der Waals surface area (Å²) < 4.78 is 14.8. The SMILES string of the molecule is COc1cc(OC)nc(NCCOCC(=O)O)n1. The first-order chi connectivity index (χ1) is 8.65. The number of aliphatic carboxylic acids is 1. The Labute approximate surface area is 104 Å². The molecule has 0 aliphatic rings. The van der Waals surface area contributed by atoms with Crippen molar-refractivity contribution in [2.75, 3.05) is 39.3 Å². The van der Waals surface area contributed by atoms with Crippen molar-refractivity contribution in [2.24, 2.45) is 0 Å². The molecule has 1 heterocycles. The number of carboxylic acid groups (broad SMARTS) is 1. The number of rotatable bonds is 8. The van der Waals surface area contributed by atoms with E-state index in [1.165, 1.54) is 14.2 Å². The number of hydrogen-bond acceptors (Lipinski definition) is 7. The van der Waals surface area contributed by atoms with Crippen LogP contribution in [0, 0.1) is 0 Å². The van der Waals surface area contributed by atoms with Crippen molar-refractivity contribution in [2.45, 2.75) is 0 Å². The summed E-state index contributed by atoms with van der Waals surface area (Å²) in [6.07, 6.45) is 0. The van der Waals surface area contributed by atoms with Crippen molar-refractivity contribution >= 4 is 11.9 Å². The van der Waals surface area contributed by atoms with Crippen LogP contribution >= 0.6 is 0 Å². The predicted octanol–water partition coefficient (Wildman–Crippen LogP) is 0.00690. The molecule has 0 fully saturated rings. The van der Waals surface area contributed by atoms with E-state index in [9.17, 15) is 4.79 Å². The molecule has 0 aliphatic heterocycles. The number of nitrogens with one attached hydrogen (secondary N) is 1. The number of anilines is 1. The Morgan fingerprint density at radius 1 is 1.33 bits per heavy atom. The van der Waals surface area contributed by atoms with Crippen LogP contribution in [0.25, 0.3) is 0 Å². The quantitative estimate of drug-likeness (QED) is 0.628. The average Bonchev–Trinajstić information content (AvgIpc) is 2.37. The Kier molecular flexibility index (Phi) is 5.65. The van der Waals surface area contributed by atoms with Gasteiger partial charge in [0.15, 0.2) is 0 Å². The monoisotopic (exact) mass is 257 g/mol. The molecule has 2 N–H and O–H groups in total. The van der Waals surface area contributed by atoms with Crippen molar-refractivity contribution in [3.63, 3.8) is 0 Å². The van der Waals surface area contributed by atoms with Crippen molar-refractivity contribution in [1.82, 2.24) is 9.97 Å². The van der Waals surface area contributed by atoms with Gasteiger partial charge in [-0.1, -0.05) is 0 Å². The summed E-state index contributed by atoms with van der Waals surface area (Å²) in [4.78, 5) is 18.3. The Hall–Kier alpha value is -2.09. The lowest BCUT2D eigenvalue weighted by Gasteiger charge is -2.08. The fourth-order valence-corrected chi connectivity index (χ4v) is 1.09. The summed E-state index contributed by atoms with van der Waals surface area (Å²) in [6, 6.07) is 1.55. The third-order valence-electron chi connectivity index (χ3n) is 1.85. The van der Waals surface area contributed by atoms with Gasteiger partial charge in [-0.15, -0.1) is 0 Å². The highest BCUT2D eigenvalue weighted by Gasteiger charge is 2.04. The fourth-order valence-electron chi connectivity index (χ4n) is 1.09. The predicted molar refractivity (Wildman–Crippen MR) is 62.1 cm³/mol. The van der Waals surface area contributed by atoms with E-state index in [4.69, 9.17) is 19.3 Å². The van der Waals surface area contributed by atoms with Crippen molar-refractivity contribution < 1.29 is 24.1 Å². The highest BCUT2D eigenvalue weighted by Crippen LogP contribution is 2.16. The first-order valence-electron chi connectivity index (χ1n) is 5.16. The summed E-state index contributed by atoms with van der Waals surface area (Å²) in [5.41, 5.74) is 0. The zero-order valence-electron chi connectivity index (χ0n) is 10.2. The lowest BCUT2D eigenvalue weighted by Crippen LogP contribution is -2.15. The van der Waals surface area contributed by atoms with Crippen LogP contribution in [-0.4, -0.2) is 55.0 Å². The molecule has 0 bridgehead atoms. The van der Waals surface area contributed by atoms with Gasteiger partial charge in [0.25, 0.3) is 0 Å². The van der Waals surface area contributed by atoms with Gasteiger partial charge in [0.05, 0.1) is 26.9 Å². The molecule has 100 valence electrons. The molecule has 0 aromatic carbocycles. The summed E-state index contributed by atoms with van der Waals surface area (Å²) >= 11 is 0. The minimum absolute atomic E-state index is 0.231. The number of carbonyl (C=O) groups is 1. The van der Waals surface area contributed by atoms with Crippen molar-refractivity contribution in [3.05, 3.63) is 6.07 Å². The molecule has 0 radical (unpaired) electrons. The third-order valence-corrected chi connectivity index (χ3v) is 1.85. The second-order valence-corrected chi connectivity index (χ2v) is 3.15. The van der Waals surface area contributed by atoms with E-state index >= 15 is 0 Å². The molecule has 0 amide bonds.